The van der Waals surface area contributed by atoms with Crippen molar-refractivity contribution in [1.82, 2.24) is 0 Å². The average Bonchev–Trinajstić information content (AvgIpc) is 2.95. The third-order valence-electron chi connectivity index (χ3n) is 4.29. The normalized spacial score (nSPS) is 18.1. The van der Waals surface area contributed by atoms with Crippen molar-refractivity contribution < 1.29 is 9.59 Å². The second kappa shape index (κ2) is 8.27. The van der Waals surface area contributed by atoms with Crippen LogP contribution in [-0.2, 0) is 16.0 Å². The van der Waals surface area contributed by atoms with E-state index in [0.29, 0.717) is 27.7 Å². The van der Waals surface area contributed by atoms with Gasteiger partial charge in [-0.1, -0.05) is 53.2 Å². The van der Waals surface area contributed by atoms with Crippen molar-refractivity contribution in [2.75, 3.05) is 4.90 Å². The quantitative estimate of drug-likeness (QED) is 0.579. The molecule has 1 heterocycles. The van der Waals surface area contributed by atoms with E-state index in [1.54, 1.807) is 30.3 Å². The molecular weight excluding hydrogens is 417 g/mol. The Kier molecular flexibility index (Phi) is 5.99. The van der Waals surface area contributed by atoms with Gasteiger partial charge in [-0.3, -0.25) is 14.5 Å². The fourth-order valence-corrected chi connectivity index (χ4v) is 4.62. The molecule has 0 aromatic heterocycles. The Hall–Kier alpha value is -2.46. The molecule has 1 fully saturated rings. The first-order valence-electron chi connectivity index (χ1n) is 8.28. The molecule has 1 aliphatic rings. The smallest absolute Gasteiger partial charge is 0.262 e. The number of para-hydroxylation sites is 1. The van der Waals surface area contributed by atoms with Gasteiger partial charge in [0.2, 0.25) is 5.91 Å². The summed E-state index contributed by atoms with van der Waals surface area (Å²) in [6.07, 6.45) is 0.298. The SMILES string of the molecule is Cc1ccccc1N1C(=O)[C@H](Cc2cc(Cl)ccc2Cl)S/C1=C(/C#N)C(N)=O. The number of primary amides is 1. The van der Waals surface area contributed by atoms with E-state index in [2.05, 4.69) is 0 Å². The van der Waals surface area contributed by atoms with E-state index in [0.717, 1.165) is 17.3 Å². The largest absolute Gasteiger partial charge is 0.365 e. The van der Waals surface area contributed by atoms with Crippen LogP contribution < -0.4 is 10.6 Å². The maximum atomic E-state index is 13.2. The highest BCUT2D eigenvalue weighted by Crippen LogP contribution is 2.43. The lowest BCUT2D eigenvalue weighted by atomic mass is 10.1. The zero-order chi connectivity index (χ0) is 20.4. The standard InChI is InChI=1S/C20H15Cl2N3O2S/c1-11-4-2-3-5-16(11)25-19(27)17(28-20(25)14(10-23)18(24)26)9-12-8-13(21)6-7-15(12)22/h2-8,17H,9H2,1H3,(H2,24,26)/b20-14-/t17-/m0/s1. The van der Waals surface area contributed by atoms with E-state index < -0.39 is 11.2 Å². The van der Waals surface area contributed by atoms with Crippen molar-refractivity contribution in [3.63, 3.8) is 0 Å². The summed E-state index contributed by atoms with van der Waals surface area (Å²) in [6.45, 7) is 1.85. The van der Waals surface area contributed by atoms with Crippen molar-refractivity contribution in [3.8, 4) is 6.07 Å². The lowest BCUT2D eigenvalue weighted by Crippen LogP contribution is -2.31. The first-order chi connectivity index (χ1) is 13.3. The van der Waals surface area contributed by atoms with Crippen molar-refractivity contribution in [1.29, 1.82) is 5.26 Å². The van der Waals surface area contributed by atoms with Crippen molar-refractivity contribution in [2.45, 2.75) is 18.6 Å². The first kappa shape index (κ1) is 20.3. The van der Waals surface area contributed by atoms with E-state index in [9.17, 15) is 14.9 Å². The zero-order valence-electron chi connectivity index (χ0n) is 14.8. The summed E-state index contributed by atoms with van der Waals surface area (Å²) < 4.78 is 0. The summed E-state index contributed by atoms with van der Waals surface area (Å²) in [6, 6.07) is 14.1. The number of anilines is 1. The molecule has 3 rings (SSSR count). The molecule has 1 saturated heterocycles. The Morgan fingerprint density at radius 1 is 1.29 bits per heavy atom. The molecule has 142 valence electrons. The number of carbonyl (C=O) groups excluding carboxylic acids is 2. The van der Waals surface area contributed by atoms with Gasteiger partial charge < -0.3 is 5.73 Å². The molecule has 28 heavy (non-hydrogen) atoms. The van der Waals surface area contributed by atoms with Crippen LogP contribution in [0, 0.1) is 18.3 Å². The minimum absolute atomic E-state index is 0.234. The second-order valence-corrected chi connectivity index (χ2v) is 8.20. The van der Waals surface area contributed by atoms with Gasteiger partial charge in [-0.05, 0) is 48.7 Å². The summed E-state index contributed by atoms with van der Waals surface area (Å²) in [5.74, 6) is -1.13. The van der Waals surface area contributed by atoms with Crippen molar-refractivity contribution >= 4 is 52.5 Å². The van der Waals surface area contributed by atoms with Gasteiger partial charge in [0.25, 0.3) is 5.91 Å². The van der Waals surface area contributed by atoms with E-state index >= 15 is 0 Å². The molecular formula is C20H15Cl2N3O2S. The first-order valence-corrected chi connectivity index (χ1v) is 9.91. The number of amides is 2. The number of hydrogen-bond donors (Lipinski definition) is 1. The van der Waals surface area contributed by atoms with Crippen LogP contribution in [0.4, 0.5) is 5.69 Å². The Balaban J connectivity index is 2.08. The number of nitrogens with two attached hydrogens (primary N) is 1. The number of hydrogen-bond acceptors (Lipinski definition) is 4. The minimum Gasteiger partial charge on any atom is -0.365 e. The van der Waals surface area contributed by atoms with Crippen LogP contribution in [0.25, 0.3) is 0 Å². The lowest BCUT2D eigenvalue weighted by molar-refractivity contribution is -0.117. The summed E-state index contributed by atoms with van der Waals surface area (Å²) >= 11 is 13.4. The van der Waals surface area contributed by atoms with Crippen LogP contribution in [0.15, 0.2) is 53.1 Å². The van der Waals surface area contributed by atoms with Gasteiger partial charge in [-0.25, -0.2) is 0 Å². The van der Waals surface area contributed by atoms with Gasteiger partial charge in [0.15, 0.2) is 0 Å². The monoisotopic (exact) mass is 431 g/mol. The summed E-state index contributed by atoms with van der Waals surface area (Å²) in [5, 5.41) is 10.1. The molecule has 0 aliphatic carbocycles. The molecule has 0 bridgehead atoms. The van der Waals surface area contributed by atoms with Gasteiger partial charge in [0.1, 0.15) is 16.7 Å². The van der Waals surface area contributed by atoms with Crippen LogP contribution in [0.1, 0.15) is 11.1 Å². The highest BCUT2D eigenvalue weighted by molar-refractivity contribution is 8.05. The third kappa shape index (κ3) is 3.88. The van der Waals surface area contributed by atoms with Gasteiger partial charge in [0, 0.05) is 10.0 Å². The van der Waals surface area contributed by atoms with E-state index in [4.69, 9.17) is 28.9 Å². The number of benzene rings is 2. The molecule has 0 radical (unpaired) electrons. The maximum absolute atomic E-state index is 13.2. The summed E-state index contributed by atoms with van der Waals surface area (Å²) in [5.41, 5.74) is 7.28. The summed E-state index contributed by atoms with van der Waals surface area (Å²) in [4.78, 5) is 26.4. The number of thioether (sulfide) groups is 1. The number of nitriles is 1. The Morgan fingerprint density at radius 3 is 2.64 bits per heavy atom. The van der Waals surface area contributed by atoms with Crippen molar-refractivity contribution in [2.24, 2.45) is 5.73 Å². The Morgan fingerprint density at radius 2 is 2.00 bits per heavy atom. The molecule has 1 aliphatic heterocycles. The fourth-order valence-electron chi connectivity index (χ4n) is 2.93. The molecule has 2 aromatic rings. The Bertz CT molecular complexity index is 1050. The molecule has 2 amide bonds. The van der Waals surface area contributed by atoms with Gasteiger partial charge in [0.05, 0.1) is 10.9 Å². The molecule has 8 heteroatoms. The lowest BCUT2D eigenvalue weighted by Gasteiger charge is -2.20. The molecule has 0 unspecified atom stereocenters. The second-order valence-electron chi connectivity index (χ2n) is 6.16. The number of carbonyl (C=O) groups is 2. The number of rotatable bonds is 4. The molecule has 2 aromatic carbocycles. The predicted octanol–water partition coefficient (Wildman–Crippen LogP) is 4.21. The number of nitrogens with zero attached hydrogens (tertiary/aromatic N) is 2. The highest BCUT2D eigenvalue weighted by Gasteiger charge is 2.41. The van der Waals surface area contributed by atoms with E-state index in [1.807, 2.05) is 25.1 Å². The number of halogens is 2. The van der Waals surface area contributed by atoms with Gasteiger partial charge in [-0.2, -0.15) is 5.26 Å². The summed E-state index contributed by atoms with van der Waals surface area (Å²) in [7, 11) is 0. The molecule has 1 atom stereocenters. The number of aryl methyl sites for hydroxylation is 1. The molecule has 5 nitrogen and oxygen atoms in total. The van der Waals surface area contributed by atoms with E-state index in [-0.39, 0.29) is 16.5 Å². The molecule has 2 N–H and O–H groups in total. The topological polar surface area (TPSA) is 87.2 Å². The third-order valence-corrected chi connectivity index (χ3v) is 6.16. The highest BCUT2D eigenvalue weighted by atomic mass is 35.5. The van der Waals surface area contributed by atoms with Crippen LogP contribution in [-0.4, -0.2) is 17.1 Å². The van der Waals surface area contributed by atoms with Gasteiger partial charge >= 0.3 is 0 Å². The predicted molar refractivity (Wildman–Crippen MR) is 112 cm³/mol. The molecule has 0 saturated carbocycles. The molecule has 0 spiro atoms. The Labute approximate surface area is 176 Å². The minimum atomic E-state index is -0.877. The van der Waals surface area contributed by atoms with Crippen LogP contribution in [0.3, 0.4) is 0 Å². The fraction of sp³-hybridized carbons (Fsp3) is 0.150. The van der Waals surface area contributed by atoms with Gasteiger partial charge in [-0.15, -0.1) is 0 Å². The maximum Gasteiger partial charge on any atom is 0.262 e. The van der Waals surface area contributed by atoms with Crippen molar-refractivity contribution in [3.05, 3.63) is 74.2 Å². The van der Waals surface area contributed by atoms with E-state index in [1.165, 1.54) is 4.90 Å². The van der Waals surface area contributed by atoms with Crippen LogP contribution in [0.5, 0.6) is 0 Å². The average molecular weight is 432 g/mol. The van der Waals surface area contributed by atoms with Crippen LogP contribution >= 0.6 is 35.0 Å². The van der Waals surface area contributed by atoms with Crippen LogP contribution in [0.2, 0.25) is 10.0 Å². The zero-order valence-corrected chi connectivity index (χ0v) is 17.1.